The van der Waals surface area contributed by atoms with Gasteiger partial charge in [-0.1, -0.05) is 78.0 Å². The molecule has 0 aliphatic rings. The first-order valence-electron chi connectivity index (χ1n) is 10.9. The van der Waals surface area contributed by atoms with Gasteiger partial charge in [-0.2, -0.15) is 9.78 Å². The Balaban J connectivity index is 1.34. The molecule has 0 bridgehead atoms. The Morgan fingerprint density at radius 3 is 2.56 bits per heavy atom. The maximum Gasteiger partial charge on any atom is 0.292 e. The quantitative estimate of drug-likeness (QED) is 0.254. The molecule has 5 aromatic rings. The van der Waals surface area contributed by atoms with Crippen molar-refractivity contribution < 1.29 is 14.2 Å². The van der Waals surface area contributed by atoms with Crippen molar-refractivity contribution in [2.24, 2.45) is 5.10 Å². The molecule has 2 heterocycles. The molecule has 0 spiro atoms. The highest BCUT2D eigenvalue weighted by Gasteiger charge is 2.25. The van der Waals surface area contributed by atoms with E-state index in [2.05, 4.69) is 35.8 Å². The Morgan fingerprint density at radius 1 is 1.03 bits per heavy atom. The Kier molecular flexibility index (Phi) is 6.43. The lowest BCUT2D eigenvalue weighted by Gasteiger charge is -2.07. The van der Waals surface area contributed by atoms with E-state index < -0.39 is 5.91 Å². The van der Waals surface area contributed by atoms with Gasteiger partial charge >= 0.3 is 0 Å². The van der Waals surface area contributed by atoms with E-state index in [-0.39, 0.29) is 17.3 Å². The number of carbonyl (C=O) groups excluding carboxylic acids is 1. The zero-order valence-corrected chi connectivity index (χ0v) is 18.9. The average Bonchev–Trinajstić information content (AvgIpc) is 3.55. The van der Waals surface area contributed by atoms with E-state index in [9.17, 15) is 4.79 Å². The molecule has 11 nitrogen and oxygen atoms in total. The van der Waals surface area contributed by atoms with Crippen LogP contribution in [0.1, 0.15) is 21.6 Å². The third-order valence-corrected chi connectivity index (χ3v) is 5.11. The lowest BCUT2D eigenvalue weighted by molar-refractivity contribution is 0.0948. The summed E-state index contributed by atoms with van der Waals surface area (Å²) in [5, 5.41) is 19.6. The summed E-state index contributed by atoms with van der Waals surface area (Å²) >= 11 is 0. The van der Waals surface area contributed by atoms with Crippen LogP contribution in [0.15, 0.2) is 94.7 Å². The van der Waals surface area contributed by atoms with Gasteiger partial charge in [0.1, 0.15) is 18.1 Å². The number of aromatic nitrogens is 5. The van der Waals surface area contributed by atoms with Crippen molar-refractivity contribution >= 4 is 17.9 Å². The summed E-state index contributed by atoms with van der Waals surface area (Å²) in [5.74, 6) is 0.109. The van der Waals surface area contributed by atoms with E-state index in [1.54, 1.807) is 12.1 Å². The Bertz CT molecular complexity index is 1500. The normalized spacial score (nSPS) is 11.0. The van der Waals surface area contributed by atoms with Crippen LogP contribution in [0.2, 0.25) is 0 Å². The van der Waals surface area contributed by atoms with Crippen molar-refractivity contribution in [1.29, 1.82) is 0 Å². The summed E-state index contributed by atoms with van der Waals surface area (Å²) in [6, 6.07) is 26.3. The first-order chi connectivity index (χ1) is 17.7. The van der Waals surface area contributed by atoms with E-state index >= 15 is 0 Å². The number of nitrogens with two attached hydrogens (primary N) is 1. The maximum atomic E-state index is 13.2. The molecule has 0 fully saturated rings. The Labute approximate surface area is 205 Å². The van der Waals surface area contributed by atoms with Crippen molar-refractivity contribution in [2.75, 3.05) is 5.73 Å². The third kappa shape index (κ3) is 4.94. The Hall–Kier alpha value is -5.32. The summed E-state index contributed by atoms with van der Waals surface area (Å²) in [6.45, 7) is 0.442. The van der Waals surface area contributed by atoms with E-state index in [1.165, 1.54) is 6.21 Å². The lowest BCUT2D eigenvalue weighted by Crippen LogP contribution is -2.22. The van der Waals surface area contributed by atoms with Crippen molar-refractivity contribution in [1.82, 2.24) is 30.7 Å². The van der Waals surface area contributed by atoms with E-state index in [4.69, 9.17) is 10.5 Å². The van der Waals surface area contributed by atoms with Gasteiger partial charge in [0, 0.05) is 5.56 Å². The summed E-state index contributed by atoms with van der Waals surface area (Å²) in [6.07, 6.45) is 1.51. The van der Waals surface area contributed by atoms with Crippen molar-refractivity contribution in [3.05, 3.63) is 102 Å². The number of ether oxygens (including phenoxy) is 1. The monoisotopic (exact) mass is 480 g/mol. The third-order valence-electron chi connectivity index (χ3n) is 5.11. The fourth-order valence-electron chi connectivity index (χ4n) is 3.41. The van der Waals surface area contributed by atoms with Crippen molar-refractivity contribution in [2.45, 2.75) is 6.61 Å². The average molecular weight is 480 g/mol. The molecule has 0 aliphatic heterocycles. The van der Waals surface area contributed by atoms with Gasteiger partial charge in [-0.05, 0) is 33.6 Å². The highest BCUT2D eigenvalue weighted by Crippen LogP contribution is 2.24. The first kappa shape index (κ1) is 22.5. The fraction of sp³-hybridized carbons (Fsp3) is 0.0400. The zero-order valence-electron chi connectivity index (χ0n) is 18.9. The summed E-state index contributed by atoms with van der Waals surface area (Å²) in [4.78, 5) is 13.2. The van der Waals surface area contributed by atoms with Gasteiger partial charge < -0.3 is 10.5 Å². The second kappa shape index (κ2) is 10.3. The molecule has 3 aromatic carbocycles. The molecule has 1 amide bonds. The van der Waals surface area contributed by atoms with Crippen LogP contribution in [0.4, 0.5) is 5.82 Å². The van der Waals surface area contributed by atoms with Gasteiger partial charge in [0.15, 0.2) is 5.69 Å². The first-order valence-corrected chi connectivity index (χ1v) is 10.9. The molecule has 3 N–H and O–H groups in total. The predicted octanol–water partition coefficient (Wildman–Crippen LogP) is 3.24. The smallest absolute Gasteiger partial charge is 0.292 e. The van der Waals surface area contributed by atoms with Gasteiger partial charge in [0.2, 0.25) is 11.6 Å². The van der Waals surface area contributed by atoms with Crippen LogP contribution in [0.5, 0.6) is 5.75 Å². The number of hydrazone groups is 1. The molecule has 0 unspecified atom stereocenters. The molecular formula is C25H20N8O3. The van der Waals surface area contributed by atoms with Gasteiger partial charge in [0.05, 0.1) is 6.21 Å². The SMILES string of the molecule is Nc1nonc1-n1nnc(-c2ccccc2)c1C(=O)N/N=C/c1cccc(OCc2ccccc2)c1. The summed E-state index contributed by atoms with van der Waals surface area (Å²) < 4.78 is 11.7. The fourth-order valence-corrected chi connectivity index (χ4v) is 3.41. The number of nitrogen functional groups attached to an aromatic ring is 1. The molecule has 0 saturated carbocycles. The molecule has 0 aliphatic carbocycles. The molecule has 36 heavy (non-hydrogen) atoms. The number of benzene rings is 3. The zero-order chi connectivity index (χ0) is 24.7. The molecule has 11 heteroatoms. The van der Waals surface area contributed by atoms with Crippen LogP contribution < -0.4 is 15.9 Å². The maximum absolute atomic E-state index is 13.2. The van der Waals surface area contributed by atoms with Gasteiger partial charge in [-0.25, -0.2) is 10.1 Å². The van der Waals surface area contributed by atoms with E-state index in [0.717, 1.165) is 15.8 Å². The number of carbonyl (C=O) groups is 1. The number of rotatable bonds is 8. The van der Waals surface area contributed by atoms with Crippen molar-refractivity contribution in [3.8, 4) is 22.8 Å². The molecule has 0 atom stereocenters. The van der Waals surface area contributed by atoms with E-state index in [1.807, 2.05) is 72.8 Å². The molecule has 2 aromatic heterocycles. The molecule has 5 rings (SSSR count). The van der Waals surface area contributed by atoms with Crippen LogP contribution >= 0.6 is 0 Å². The van der Waals surface area contributed by atoms with Gasteiger partial charge in [-0.3, -0.25) is 4.79 Å². The number of amides is 1. The minimum atomic E-state index is -0.575. The molecule has 178 valence electrons. The number of hydrogen-bond donors (Lipinski definition) is 2. The number of nitrogens with zero attached hydrogens (tertiary/aromatic N) is 6. The lowest BCUT2D eigenvalue weighted by atomic mass is 10.1. The highest BCUT2D eigenvalue weighted by molar-refractivity contribution is 5.99. The highest BCUT2D eigenvalue weighted by atomic mass is 16.6. The molecular weight excluding hydrogens is 460 g/mol. The van der Waals surface area contributed by atoms with Crippen LogP contribution in [-0.4, -0.2) is 37.4 Å². The van der Waals surface area contributed by atoms with Gasteiger partial charge in [0.25, 0.3) is 5.91 Å². The second-order valence-corrected chi connectivity index (χ2v) is 7.58. The van der Waals surface area contributed by atoms with Crippen molar-refractivity contribution in [3.63, 3.8) is 0 Å². The second-order valence-electron chi connectivity index (χ2n) is 7.58. The van der Waals surface area contributed by atoms with Gasteiger partial charge in [-0.15, -0.1) is 5.10 Å². The minimum Gasteiger partial charge on any atom is -0.489 e. The Morgan fingerprint density at radius 2 is 1.81 bits per heavy atom. The number of nitrogens with one attached hydrogen (secondary N) is 1. The topological polar surface area (TPSA) is 146 Å². The van der Waals surface area contributed by atoms with Crippen LogP contribution in [0, 0.1) is 0 Å². The van der Waals surface area contributed by atoms with Crippen LogP contribution in [-0.2, 0) is 6.61 Å². The standard InChI is InChI=1S/C25H20N8O3/c26-23-24(31-36-30-23)33-22(21(28-32-33)19-11-5-2-6-12-19)25(34)29-27-15-18-10-7-13-20(14-18)35-16-17-8-3-1-4-9-17/h1-15H,16H2,(H2,26,30)(H,29,34)/b27-15+. The minimum absolute atomic E-state index is 0.0376. The predicted molar refractivity (Wildman–Crippen MR) is 131 cm³/mol. The summed E-state index contributed by atoms with van der Waals surface area (Å²) in [5.41, 5.74) is 11.2. The largest absolute Gasteiger partial charge is 0.489 e. The van der Waals surface area contributed by atoms with Crippen LogP contribution in [0.25, 0.3) is 17.1 Å². The molecule has 0 radical (unpaired) electrons. The summed E-state index contributed by atoms with van der Waals surface area (Å²) in [7, 11) is 0. The number of anilines is 1. The number of hydrogen-bond acceptors (Lipinski definition) is 9. The van der Waals surface area contributed by atoms with E-state index in [0.29, 0.717) is 23.6 Å². The van der Waals surface area contributed by atoms with Crippen LogP contribution in [0.3, 0.4) is 0 Å². The molecule has 0 saturated heterocycles.